The van der Waals surface area contributed by atoms with Crippen molar-refractivity contribution >= 4 is 12.1 Å². The van der Waals surface area contributed by atoms with Crippen LogP contribution in [0, 0.1) is 11.3 Å². The van der Waals surface area contributed by atoms with Crippen LogP contribution in [0.3, 0.4) is 0 Å². The summed E-state index contributed by atoms with van der Waals surface area (Å²) in [7, 11) is 0. The van der Waals surface area contributed by atoms with E-state index in [1.165, 1.54) is 0 Å². The van der Waals surface area contributed by atoms with Gasteiger partial charge in [-0.1, -0.05) is 26.7 Å². The summed E-state index contributed by atoms with van der Waals surface area (Å²) in [5.74, 6) is -0.336. The molecule has 1 rings (SSSR count). The summed E-state index contributed by atoms with van der Waals surface area (Å²) in [5, 5.41) is 9.63. The van der Waals surface area contributed by atoms with Crippen LogP contribution in [-0.2, 0) is 9.53 Å². The summed E-state index contributed by atoms with van der Waals surface area (Å²) < 4.78 is 5.46. The molecule has 1 amide bonds. The number of amides is 1. The zero-order chi connectivity index (χ0) is 17.0. The molecule has 0 bridgehead atoms. The van der Waals surface area contributed by atoms with Crippen molar-refractivity contribution in [2.75, 3.05) is 13.1 Å². The molecule has 0 saturated heterocycles. The van der Waals surface area contributed by atoms with Gasteiger partial charge in [-0.3, -0.25) is 4.79 Å². The molecule has 0 aromatic carbocycles. The standard InChI is InChI=1S/C17H31NO4/c1-13(2)8-11-18(15(21)22-16(3,4)5)12-17(14(19)20)9-6-7-10-17/h13H,6-12H2,1-5H3,(H,19,20). The van der Waals surface area contributed by atoms with E-state index in [9.17, 15) is 14.7 Å². The van der Waals surface area contributed by atoms with Gasteiger partial charge in [0.05, 0.1) is 5.41 Å². The summed E-state index contributed by atoms with van der Waals surface area (Å²) >= 11 is 0. The second kappa shape index (κ2) is 7.34. The van der Waals surface area contributed by atoms with Gasteiger partial charge in [0.15, 0.2) is 0 Å². The molecule has 0 unspecified atom stereocenters. The van der Waals surface area contributed by atoms with Crippen molar-refractivity contribution in [2.24, 2.45) is 11.3 Å². The molecule has 1 aliphatic carbocycles. The molecular weight excluding hydrogens is 282 g/mol. The highest BCUT2D eigenvalue weighted by Gasteiger charge is 2.44. The Morgan fingerprint density at radius 1 is 1.23 bits per heavy atom. The number of aliphatic carboxylic acids is 1. The van der Waals surface area contributed by atoms with E-state index in [1.54, 1.807) is 4.90 Å². The Morgan fingerprint density at radius 3 is 2.18 bits per heavy atom. The second-order valence-corrected chi connectivity index (χ2v) is 7.88. The minimum Gasteiger partial charge on any atom is -0.481 e. The van der Waals surface area contributed by atoms with Gasteiger partial charge in [0.2, 0.25) is 0 Å². The van der Waals surface area contributed by atoms with E-state index in [0.29, 0.717) is 25.3 Å². The summed E-state index contributed by atoms with van der Waals surface area (Å²) in [6.07, 6.45) is 3.56. The lowest BCUT2D eigenvalue weighted by atomic mass is 9.85. The minimum atomic E-state index is -0.798. The summed E-state index contributed by atoms with van der Waals surface area (Å²) in [4.78, 5) is 25.8. The Hall–Kier alpha value is -1.26. The first kappa shape index (κ1) is 18.8. The lowest BCUT2D eigenvalue weighted by molar-refractivity contribution is -0.149. The minimum absolute atomic E-state index is 0.254. The van der Waals surface area contributed by atoms with Crippen LogP contribution in [0.25, 0.3) is 0 Å². The lowest BCUT2D eigenvalue weighted by Crippen LogP contribution is -2.46. The van der Waals surface area contributed by atoms with Gasteiger partial charge in [0.1, 0.15) is 5.60 Å². The molecule has 1 fully saturated rings. The maximum absolute atomic E-state index is 12.4. The molecule has 0 spiro atoms. The number of carboxylic acid groups (broad SMARTS) is 1. The van der Waals surface area contributed by atoms with Crippen molar-refractivity contribution in [1.29, 1.82) is 0 Å². The van der Waals surface area contributed by atoms with E-state index >= 15 is 0 Å². The molecule has 5 nitrogen and oxygen atoms in total. The molecule has 0 aromatic heterocycles. The second-order valence-electron chi connectivity index (χ2n) is 7.88. The fourth-order valence-electron chi connectivity index (χ4n) is 2.83. The van der Waals surface area contributed by atoms with Crippen molar-refractivity contribution in [3.63, 3.8) is 0 Å². The lowest BCUT2D eigenvalue weighted by Gasteiger charge is -2.34. The Morgan fingerprint density at radius 2 is 1.77 bits per heavy atom. The first-order valence-corrected chi connectivity index (χ1v) is 8.27. The maximum atomic E-state index is 12.4. The third-order valence-electron chi connectivity index (χ3n) is 4.14. The van der Waals surface area contributed by atoms with E-state index in [2.05, 4.69) is 13.8 Å². The Bertz CT molecular complexity index is 392. The third kappa shape index (κ3) is 5.50. The van der Waals surface area contributed by atoms with Crippen LogP contribution in [0.2, 0.25) is 0 Å². The van der Waals surface area contributed by atoms with Gasteiger partial charge in [-0.05, 0) is 46.0 Å². The topological polar surface area (TPSA) is 66.8 Å². The van der Waals surface area contributed by atoms with Gasteiger partial charge < -0.3 is 14.7 Å². The van der Waals surface area contributed by atoms with Crippen LogP contribution in [0.15, 0.2) is 0 Å². The van der Waals surface area contributed by atoms with E-state index < -0.39 is 23.1 Å². The number of hydrogen-bond acceptors (Lipinski definition) is 3. The van der Waals surface area contributed by atoms with Crippen molar-refractivity contribution in [1.82, 2.24) is 4.90 Å². The number of carbonyl (C=O) groups is 2. The molecule has 0 aliphatic heterocycles. The highest BCUT2D eigenvalue weighted by molar-refractivity contribution is 5.77. The molecular formula is C17H31NO4. The maximum Gasteiger partial charge on any atom is 0.410 e. The van der Waals surface area contributed by atoms with Gasteiger partial charge in [0, 0.05) is 13.1 Å². The Labute approximate surface area is 134 Å². The van der Waals surface area contributed by atoms with E-state index in [4.69, 9.17) is 4.74 Å². The molecule has 1 saturated carbocycles. The van der Waals surface area contributed by atoms with Crippen LogP contribution < -0.4 is 0 Å². The van der Waals surface area contributed by atoms with Crippen molar-refractivity contribution in [2.45, 2.75) is 72.3 Å². The molecule has 0 atom stereocenters. The Kier molecular flexibility index (Phi) is 6.27. The highest BCUT2D eigenvalue weighted by Crippen LogP contribution is 2.39. The molecule has 0 aromatic rings. The molecule has 1 aliphatic rings. The number of hydrogen-bond donors (Lipinski definition) is 1. The van der Waals surface area contributed by atoms with Gasteiger partial charge >= 0.3 is 12.1 Å². The van der Waals surface area contributed by atoms with Crippen LogP contribution >= 0.6 is 0 Å². The monoisotopic (exact) mass is 313 g/mol. The number of carbonyl (C=O) groups excluding carboxylic acids is 1. The van der Waals surface area contributed by atoms with E-state index in [0.717, 1.165) is 19.3 Å². The summed E-state index contributed by atoms with van der Waals surface area (Å²) in [6, 6.07) is 0. The molecule has 128 valence electrons. The van der Waals surface area contributed by atoms with Crippen molar-refractivity contribution in [3.8, 4) is 0 Å². The Balaban J connectivity index is 2.84. The van der Waals surface area contributed by atoms with Crippen molar-refractivity contribution < 1.29 is 19.4 Å². The number of carboxylic acids is 1. The normalized spacial score (nSPS) is 17.5. The average molecular weight is 313 g/mol. The highest BCUT2D eigenvalue weighted by atomic mass is 16.6. The van der Waals surface area contributed by atoms with Crippen LogP contribution in [0.4, 0.5) is 4.79 Å². The molecule has 5 heteroatoms. The first-order chi connectivity index (χ1) is 10.1. The third-order valence-corrected chi connectivity index (χ3v) is 4.14. The van der Waals surface area contributed by atoms with Gasteiger partial charge in [0.25, 0.3) is 0 Å². The fraction of sp³-hybridized carbons (Fsp3) is 0.882. The number of nitrogens with zero attached hydrogens (tertiary/aromatic N) is 1. The largest absolute Gasteiger partial charge is 0.481 e. The zero-order valence-electron chi connectivity index (χ0n) is 14.6. The van der Waals surface area contributed by atoms with E-state index in [1.807, 2.05) is 20.8 Å². The molecule has 1 N–H and O–H groups in total. The van der Waals surface area contributed by atoms with Crippen LogP contribution in [-0.4, -0.2) is 40.8 Å². The quantitative estimate of drug-likeness (QED) is 0.807. The van der Waals surface area contributed by atoms with Crippen molar-refractivity contribution in [3.05, 3.63) is 0 Å². The number of ether oxygens (including phenoxy) is 1. The predicted molar refractivity (Wildman–Crippen MR) is 85.8 cm³/mol. The van der Waals surface area contributed by atoms with Gasteiger partial charge in [-0.2, -0.15) is 0 Å². The van der Waals surface area contributed by atoms with E-state index in [-0.39, 0.29) is 6.54 Å². The summed E-state index contributed by atoms with van der Waals surface area (Å²) in [5.41, 5.74) is -1.37. The fourth-order valence-corrected chi connectivity index (χ4v) is 2.83. The SMILES string of the molecule is CC(C)CCN(CC1(C(=O)O)CCCC1)C(=O)OC(C)(C)C. The number of rotatable bonds is 6. The first-order valence-electron chi connectivity index (χ1n) is 8.27. The van der Waals surface area contributed by atoms with Gasteiger partial charge in [-0.25, -0.2) is 4.79 Å². The molecule has 0 heterocycles. The van der Waals surface area contributed by atoms with Crippen LogP contribution in [0.1, 0.15) is 66.7 Å². The predicted octanol–water partition coefficient (Wildman–Crippen LogP) is 3.91. The van der Waals surface area contributed by atoms with Gasteiger partial charge in [-0.15, -0.1) is 0 Å². The van der Waals surface area contributed by atoms with Crippen LogP contribution in [0.5, 0.6) is 0 Å². The smallest absolute Gasteiger partial charge is 0.410 e. The molecule has 0 radical (unpaired) electrons. The average Bonchev–Trinajstić information content (AvgIpc) is 2.81. The molecule has 22 heavy (non-hydrogen) atoms. The summed E-state index contributed by atoms with van der Waals surface area (Å²) in [6.45, 7) is 10.5. The zero-order valence-corrected chi connectivity index (χ0v) is 14.6.